The zero-order chi connectivity index (χ0) is 31.6. The number of amides is 3. The second kappa shape index (κ2) is 14.8. The molecule has 5 aromatic rings. The number of para-hydroxylation sites is 2. The average Bonchev–Trinajstić information content (AvgIpc) is 3.05. The Morgan fingerprint density at radius 3 is 2.00 bits per heavy atom. The Labute approximate surface area is 259 Å². The maximum atomic E-state index is 13.9. The number of fused-ring (bicyclic) bond motifs is 2. The highest BCUT2D eigenvalue weighted by molar-refractivity contribution is 6.14. The Bertz CT molecular complexity index is 1740. The molecule has 0 saturated heterocycles. The van der Waals surface area contributed by atoms with Gasteiger partial charge in [-0.3, -0.25) is 34.4 Å². The van der Waals surface area contributed by atoms with Crippen LogP contribution in [0.4, 0.5) is 11.4 Å². The van der Waals surface area contributed by atoms with E-state index in [-0.39, 0.29) is 31.0 Å². The Morgan fingerprint density at radius 2 is 1.29 bits per heavy atom. The van der Waals surface area contributed by atoms with Crippen LogP contribution in [0.2, 0.25) is 0 Å². The van der Waals surface area contributed by atoms with E-state index in [0.29, 0.717) is 47.2 Å². The predicted octanol–water partition coefficient (Wildman–Crippen LogP) is 5.71. The molecular weight excluding hydrogens is 570 g/mol. The molecule has 0 aliphatic carbocycles. The number of hydrogen-bond acceptors (Lipinski definition) is 7. The van der Waals surface area contributed by atoms with Crippen molar-refractivity contribution in [2.75, 3.05) is 10.6 Å². The lowest BCUT2D eigenvalue weighted by Crippen LogP contribution is -2.29. The van der Waals surface area contributed by atoms with E-state index in [1.54, 1.807) is 48.2 Å². The Hall–Kier alpha value is -5.48. The van der Waals surface area contributed by atoms with Crippen molar-refractivity contribution >= 4 is 56.7 Å². The van der Waals surface area contributed by atoms with E-state index in [9.17, 15) is 19.2 Å². The second-order valence-electron chi connectivity index (χ2n) is 10.7. The van der Waals surface area contributed by atoms with Crippen LogP contribution in [0.1, 0.15) is 49.1 Å². The maximum absolute atomic E-state index is 13.9. The van der Waals surface area contributed by atoms with Gasteiger partial charge in [-0.05, 0) is 54.3 Å². The van der Waals surface area contributed by atoms with Crippen LogP contribution in [-0.2, 0) is 25.6 Å². The highest BCUT2D eigenvalue weighted by atomic mass is 16.5. The normalized spacial score (nSPS) is 11.6. The fourth-order valence-corrected chi connectivity index (χ4v) is 5.28. The smallest absolute Gasteiger partial charge is 0.243 e. The van der Waals surface area contributed by atoms with Crippen LogP contribution in [0, 0.1) is 0 Å². The lowest BCUT2D eigenvalue weighted by atomic mass is 9.89. The van der Waals surface area contributed by atoms with E-state index in [1.807, 2.05) is 54.6 Å². The number of benzene rings is 3. The van der Waals surface area contributed by atoms with E-state index in [1.165, 1.54) is 0 Å². The summed E-state index contributed by atoms with van der Waals surface area (Å²) >= 11 is 0. The van der Waals surface area contributed by atoms with E-state index < -0.39 is 17.7 Å². The van der Waals surface area contributed by atoms with Gasteiger partial charge in [-0.1, -0.05) is 61.0 Å². The molecule has 0 aliphatic heterocycles. The largest absolute Gasteiger partial charge is 0.326 e. The average molecular weight is 604 g/mol. The monoisotopic (exact) mass is 603 g/mol. The third-order valence-corrected chi connectivity index (χ3v) is 7.52. The van der Waals surface area contributed by atoms with Gasteiger partial charge in [-0.2, -0.15) is 0 Å². The third-order valence-electron chi connectivity index (χ3n) is 7.52. The van der Waals surface area contributed by atoms with Crippen molar-refractivity contribution in [3.05, 3.63) is 108 Å². The molecular formula is C35H33N5O5. The highest BCUT2D eigenvalue weighted by Gasteiger charge is 2.29. The number of pyridine rings is 2. The molecule has 0 radical (unpaired) electrons. The first kappa shape index (κ1) is 31.0. The van der Waals surface area contributed by atoms with Crippen LogP contribution in [0.25, 0.3) is 21.8 Å². The van der Waals surface area contributed by atoms with Gasteiger partial charge in [-0.15, -0.1) is 0 Å². The van der Waals surface area contributed by atoms with Crippen molar-refractivity contribution in [1.82, 2.24) is 15.4 Å². The quantitative estimate of drug-likeness (QED) is 0.0582. The van der Waals surface area contributed by atoms with Gasteiger partial charge in [-0.25, -0.2) is 5.48 Å². The van der Waals surface area contributed by atoms with Crippen molar-refractivity contribution in [2.24, 2.45) is 0 Å². The van der Waals surface area contributed by atoms with Crippen molar-refractivity contribution in [3.8, 4) is 0 Å². The predicted molar refractivity (Wildman–Crippen MR) is 172 cm³/mol. The number of ketones is 1. The second-order valence-corrected chi connectivity index (χ2v) is 10.7. The van der Waals surface area contributed by atoms with Gasteiger partial charge in [0.05, 0.1) is 16.7 Å². The number of anilines is 2. The Balaban J connectivity index is 1.34. The number of Topliss-reactive ketones (excluding diaryl/α,β-unsaturated/α-hetero) is 1. The van der Waals surface area contributed by atoms with Gasteiger partial charge in [0.25, 0.3) is 0 Å². The molecule has 3 amide bonds. The van der Waals surface area contributed by atoms with Crippen molar-refractivity contribution in [3.63, 3.8) is 0 Å². The highest BCUT2D eigenvalue weighted by Crippen LogP contribution is 2.27. The molecule has 0 bridgehead atoms. The van der Waals surface area contributed by atoms with Crippen LogP contribution >= 0.6 is 0 Å². The zero-order valence-corrected chi connectivity index (χ0v) is 24.5. The summed E-state index contributed by atoms with van der Waals surface area (Å²) in [7, 11) is 0. The number of carbonyl (C=O) groups is 4. The number of hydrogen-bond donors (Lipinski definition) is 4. The number of nitrogens with one attached hydrogen (secondary N) is 3. The molecule has 0 saturated carbocycles. The maximum Gasteiger partial charge on any atom is 0.243 e. The van der Waals surface area contributed by atoms with Gasteiger partial charge >= 0.3 is 0 Å². The molecule has 1 atom stereocenters. The molecule has 1 unspecified atom stereocenters. The van der Waals surface area contributed by atoms with Crippen molar-refractivity contribution < 1.29 is 24.4 Å². The number of rotatable bonds is 13. The summed E-state index contributed by atoms with van der Waals surface area (Å²) in [5.74, 6) is -2.56. The molecule has 5 rings (SSSR count). The van der Waals surface area contributed by atoms with Gasteiger partial charge in [0.2, 0.25) is 17.7 Å². The summed E-state index contributed by atoms with van der Waals surface area (Å²) in [5.41, 5.74) is 5.17. The molecule has 2 heterocycles. The Kier molecular flexibility index (Phi) is 10.2. The number of aromatic nitrogens is 2. The van der Waals surface area contributed by atoms with Crippen molar-refractivity contribution in [2.45, 2.75) is 44.4 Å². The van der Waals surface area contributed by atoms with E-state index in [2.05, 4.69) is 20.6 Å². The van der Waals surface area contributed by atoms with Gasteiger partial charge in [0, 0.05) is 48.1 Å². The summed E-state index contributed by atoms with van der Waals surface area (Å²) in [5, 5.41) is 16.1. The molecule has 0 spiro atoms. The lowest BCUT2D eigenvalue weighted by Gasteiger charge is -2.18. The van der Waals surface area contributed by atoms with Crippen LogP contribution in [-0.4, -0.2) is 38.7 Å². The molecule has 228 valence electrons. The third kappa shape index (κ3) is 7.92. The number of hydroxylamine groups is 1. The fourth-order valence-electron chi connectivity index (χ4n) is 5.28. The van der Waals surface area contributed by atoms with Crippen LogP contribution in [0.3, 0.4) is 0 Å². The standard InChI is InChI=1S/C35H33N5O5/c41-29(22-26-10-4-8-24-11-6-20-36-33(24)26)32(35(44)39-28-13-5-9-25-12-7-21-37-34(25)28)23-16-18-27(19-17-23)38-30(42)14-2-1-3-15-31(43)40-45/h4-13,16-21,32,45H,1-3,14-15,22H2,(H,38,42)(H,39,44)(H,40,43). The summed E-state index contributed by atoms with van der Waals surface area (Å²) in [4.78, 5) is 60.2. The van der Waals surface area contributed by atoms with Crippen LogP contribution in [0.15, 0.2) is 97.3 Å². The van der Waals surface area contributed by atoms with E-state index in [0.717, 1.165) is 16.3 Å². The minimum absolute atomic E-state index is 0.00131. The molecule has 0 fully saturated rings. The molecule has 45 heavy (non-hydrogen) atoms. The number of unbranched alkanes of at least 4 members (excludes halogenated alkanes) is 2. The molecule has 2 aromatic heterocycles. The summed E-state index contributed by atoms with van der Waals surface area (Å²) < 4.78 is 0. The first-order valence-electron chi connectivity index (χ1n) is 14.8. The molecule has 4 N–H and O–H groups in total. The van der Waals surface area contributed by atoms with Crippen LogP contribution in [0.5, 0.6) is 0 Å². The van der Waals surface area contributed by atoms with E-state index >= 15 is 0 Å². The molecule has 10 heteroatoms. The van der Waals surface area contributed by atoms with Gasteiger partial charge < -0.3 is 10.6 Å². The fraction of sp³-hybridized carbons (Fsp3) is 0.200. The SMILES string of the molecule is O=C(CCCCCC(=O)Nc1ccc(C(C(=O)Cc2cccc3cccnc23)C(=O)Nc2cccc3cccnc23)cc1)NO. The molecule has 0 aliphatic rings. The Morgan fingerprint density at radius 1 is 0.667 bits per heavy atom. The number of carbonyl (C=O) groups excluding carboxylic acids is 4. The topological polar surface area (TPSA) is 150 Å². The minimum Gasteiger partial charge on any atom is -0.326 e. The van der Waals surface area contributed by atoms with Gasteiger partial charge in [0.15, 0.2) is 5.78 Å². The first-order valence-corrected chi connectivity index (χ1v) is 14.8. The molecule has 3 aromatic carbocycles. The summed E-state index contributed by atoms with van der Waals surface area (Å²) in [6.45, 7) is 0. The summed E-state index contributed by atoms with van der Waals surface area (Å²) in [6, 6.07) is 25.3. The van der Waals surface area contributed by atoms with Crippen LogP contribution < -0.4 is 16.1 Å². The molecule has 10 nitrogen and oxygen atoms in total. The first-order chi connectivity index (χ1) is 21.9. The minimum atomic E-state index is -1.14. The summed E-state index contributed by atoms with van der Waals surface area (Å²) in [6.07, 6.45) is 5.61. The number of nitrogens with zero attached hydrogens (tertiary/aromatic N) is 2. The lowest BCUT2D eigenvalue weighted by molar-refractivity contribution is -0.129. The van der Waals surface area contributed by atoms with E-state index in [4.69, 9.17) is 5.21 Å². The zero-order valence-electron chi connectivity index (χ0n) is 24.5. The van der Waals surface area contributed by atoms with Gasteiger partial charge in [0.1, 0.15) is 5.92 Å². The van der Waals surface area contributed by atoms with Crippen molar-refractivity contribution in [1.29, 1.82) is 0 Å².